The van der Waals surface area contributed by atoms with Gasteiger partial charge in [0.1, 0.15) is 6.10 Å². The summed E-state index contributed by atoms with van der Waals surface area (Å²) in [4.78, 5) is 8.38. The van der Waals surface area contributed by atoms with E-state index in [1.165, 1.54) is 19.3 Å². The molecule has 2 rings (SSSR count). The Balaban J connectivity index is 2.05. The molecule has 0 aromatic carbocycles. The molecule has 1 aliphatic carbocycles. The van der Waals surface area contributed by atoms with Gasteiger partial charge in [0, 0.05) is 12.4 Å². The Labute approximate surface area is 90.6 Å². The minimum Gasteiger partial charge on any atom is -0.385 e. The highest BCUT2D eigenvalue weighted by Crippen LogP contribution is 2.32. The number of rotatable bonds is 2. The molecule has 1 aliphatic rings. The van der Waals surface area contributed by atoms with E-state index in [-0.39, 0.29) is 0 Å². The van der Waals surface area contributed by atoms with E-state index in [0.717, 1.165) is 18.4 Å². The summed E-state index contributed by atoms with van der Waals surface area (Å²) in [6.07, 6.45) is 9.06. The lowest BCUT2D eigenvalue weighted by molar-refractivity contribution is 0.0771. The van der Waals surface area contributed by atoms with Gasteiger partial charge in [-0.1, -0.05) is 19.3 Å². The van der Waals surface area contributed by atoms with Crippen LogP contribution in [0.5, 0.6) is 0 Å². The number of aliphatic hydroxyl groups is 1. The Bertz CT molecular complexity index is 304. The van der Waals surface area contributed by atoms with Crippen molar-refractivity contribution in [3.8, 4) is 0 Å². The van der Waals surface area contributed by atoms with Gasteiger partial charge in [-0.3, -0.25) is 0 Å². The van der Waals surface area contributed by atoms with E-state index in [0.29, 0.717) is 11.7 Å². The Morgan fingerprint density at radius 1 is 1.20 bits per heavy atom. The van der Waals surface area contributed by atoms with Crippen molar-refractivity contribution < 1.29 is 5.11 Å². The first-order chi connectivity index (χ1) is 7.27. The monoisotopic (exact) mass is 206 g/mol. The number of hydrogen-bond donors (Lipinski definition) is 1. The average molecular weight is 206 g/mol. The maximum atomic E-state index is 10.1. The molecule has 0 amide bonds. The van der Waals surface area contributed by atoms with Crippen molar-refractivity contribution in [3.05, 3.63) is 23.8 Å². The molecule has 3 nitrogen and oxygen atoms in total. The van der Waals surface area contributed by atoms with Gasteiger partial charge in [0.25, 0.3) is 0 Å². The number of hydrogen-bond acceptors (Lipinski definition) is 3. The first-order valence-corrected chi connectivity index (χ1v) is 5.74. The highest BCUT2D eigenvalue weighted by Gasteiger charge is 2.24. The summed E-state index contributed by atoms with van der Waals surface area (Å²) in [6.45, 7) is 1.96. The fourth-order valence-corrected chi connectivity index (χ4v) is 2.22. The molecule has 1 fully saturated rings. The van der Waals surface area contributed by atoms with E-state index < -0.39 is 6.10 Å². The zero-order valence-electron chi connectivity index (χ0n) is 9.19. The van der Waals surface area contributed by atoms with E-state index >= 15 is 0 Å². The Hall–Kier alpha value is -0.960. The smallest absolute Gasteiger partial charge is 0.157 e. The minimum atomic E-state index is -0.467. The Morgan fingerprint density at radius 2 is 1.80 bits per heavy atom. The van der Waals surface area contributed by atoms with Gasteiger partial charge in [0.15, 0.2) is 5.82 Å². The van der Waals surface area contributed by atoms with Crippen molar-refractivity contribution in [3.63, 3.8) is 0 Å². The van der Waals surface area contributed by atoms with Gasteiger partial charge in [-0.05, 0) is 31.2 Å². The van der Waals surface area contributed by atoms with Gasteiger partial charge in [-0.25, -0.2) is 9.97 Å². The summed E-state index contributed by atoms with van der Waals surface area (Å²) in [5.41, 5.74) is 1.04. The lowest BCUT2D eigenvalue weighted by Gasteiger charge is -2.25. The second-order valence-electron chi connectivity index (χ2n) is 4.46. The van der Waals surface area contributed by atoms with Crippen molar-refractivity contribution in [2.75, 3.05) is 0 Å². The minimum absolute atomic E-state index is 0.362. The van der Waals surface area contributed by atoms with Crippen LogP contribution in [0.25, 0.3) is 0 Å². The molecule has 3 heteroatoms. The zero-order valence-corrected chi connectivity index (χ0v) is 9.19. The van der Waals surface area contributed by atoms with Crippen LogP contribution in [-0.2, 0) is 0 Å². The molecule has 0 saturated heterocycles. The van der Waals surface area contributed by atoms with Crippen LogP contribution in [0.15, 0.2) is 12.4 Å². The fourth-order valence-electron chi connectivity index (χ4n) is 2.22. The Kier molecular flexibility index (Phi) is 3.31. The topological polar surface area (TPSA) is 46.0 Å². The predicted molar refractivity (Wildman–Crippen MR) is 58.3 cm³/mol. The van der Waals surface area contributed by atoms with Crippen LogP contribution < -0.4 is 0 Å². The van der Waals surface area contributed by atoms with E-state index in [2.05, 4.69) is 9.97 Å². The first-order valence-electron chi connectivity index (χ1n) is 5.74. The molecular formula is C12H18N2O. The van der Waals surface area contributed by atoms with Crippen LogP contribution in [0.4, 0.5) is 0 Å². The highest BCUT2D eigenvalue weighted by molar-refractivity contribution is 5.04. The number of nitrogens with zero attached hydrogens (tertiary/aromatic N) is 2. The molecule has 1 heterocycles. The molecule has 1 aromatic heterocycles. The molecule has 0 aliphatic heterocycles. The standard InChI is InChI=1S/C12H18N2O/c1-9-7-13-12(14-8-9)11(15)10-5-3-2-4-6-10/h7-8,10-11,15H,2-6H2,1H3. The van der Waals surface area contributed by atoms with Crippen molar-refractivity contribution in [2.24, 2.45) is 5.92 Å². The van der Waals surface area contributed by atoms with Crippen LogP contribution in [0, 0.1) is 12.8 Å². The summed E-state index contributed by atoms with van der Waals surface area (Å²) in [5.74, 6) is 0.953. The van der Waals surface area contributed by atoms with Crippen LogP contribution in [-0.4, -0.2) is 15.1 Å². The normalized spacial score (nSPS) is 20.1. The number of aromatic nitrogens is 2. The van der Waals surface area contributed by atoms with Gasteiger partial charge >= 0.3 is 0 Å². The lowest BCUT2D eigenvalue weighted by Crippen LogP contribution is -2.18. The highest BCUT2D eigenvalue weighted by atomic mass is 16.3. The molecule has 1 saturated carbocycles. The van der Waals surface area contributed by atoms with Crippen LogP contribution in [0.2, 0.25) is 0 Å². The van der Waals surface area contributed by atoms with Gasteiger partial charge in [0.05, 0.1) is 0 Å². The van der Waals surface area contributed by atoms with Crippen molar-refractivity contribution in [2.45, 2.75) is 45.1 Å². The molecule has 1 atom stereocenters. The van der Waals surface area contributed by atoms with Crippen molar-refractivity contribution in [1.82, 2.24) is 9.97 Å². The second kappa shape index (κ2) is 4.71. The predicted octanol–water partition coefficient (Wildman–Crippen LogP) is 2.40. The van der Waals surface area contributed by atoms with Gasteiger partial charge in [-0.15, -0.1) is 0 Å². The maximum absolute atomic E-state index is 10.1. The second-order valence-corrected chi connectivity index (χ2v) is 4.46. The number of aryl methyl sites for hydroxylation is 1. The fraction of sp³-hybridized carbons (Fsp3) is 0.667. The quantitative estimate of drug-likeness (QED) is 0.808. The average Bonchev–Trinajstić information content (AvgIpc) is 2.30. The molecule has 1 aromatic rings. The summed E-state index contributed by atoms with van der Waals surface area (Å²) in [5, 5.41) is 10.1. The third-order valence-corrected chi connectivity index (χ3v) is 3.16. The first kappa shape index (κ1) is 10.6. The third-order valence-electron chi connectivity index (χ3n) is 3.16. The maximum Gasteiger partial charge on any atom is 0.157 e. The summed E-state index contributed by atoms with van der Waals surface area (Å²) < 4.78 is 0. The molecule has 0 radical (unpaired) electrons. The summed E-state index contributed by atoms with van der Waals surface area (Å²) in [7, 11) is 0. The molecule has 0 bridgehead atoms. The van der Waals surface area contributed by atoms with Crippen LogP contribution >= 0.6 is 0 Å². The summed E-state index contributed by atoms with van der Waals surface area (Å²) >= 11 is 0. The SMILES string of the molecule is Cc1cnc(C(O)C2CCCCC2)nc1. The van der Waals surface area contributed by atoms with Crippen LogP contribution in [0.1, 0.15) is 49.6 Å². The summed E-state index contributed by atoms with van der Waals surface area (Å²) in [6, 6.07) is 0. The van der Waals surface area contributed by atoms with Crippen molar-refractivity contribution >= 4 is 0 Å². The van der Waals surface area contributed by atoms with E-state index in [1.54, 1.807) is 12.4 Å². The zero-order chi connectivity index (χ0) is 10.7. The molecule has 1 unspecified atom stereocenters. The molecule has 0 spiro atoms. The van der Waals surface area contributed by atoms with Crippen molar-refractivity contribution in [1.29, 1.82) is 0 Å². The molecule has 15 heavy (non-hydrogen) atoms. The largest absolute Gasteiger partial charge is 0.385 e. The van der Waals surface area contributed by atoms with E-state index in [9.17, 15) is 5.11 Å². The van der Waals surface area contributed by atoms with Crippen LogP contribution in [0.3, 0.4) is 0 Å². The lowest BCUT2D eigenvalue weighted by atomic mass is 9.85. The Morgan fingerprint density at radius 3 is 2.40 bits per heavy atom. The van der Waals surface area contributed by atoms with E-state index in [1.807, 2.05) is 6.92 Å². The van der Waals surface area contributed by atoms with Gasteiger partial charge < -0.3 is 5.11 Å². The molecule has 1 N–H and O–H groups in total. The molecular weight excluding hydrogens is 188 g/mol. The van der Waals surface area contributed by atoms with Gasteiger partial charge in [0.2, 0.25) is 0 Å². The number of aliphatic hydroxyl groups excluding tert-OH is 1. The molecule has 82 valence electrons. The van der Waals surface area contributed by atoms with E-state index in [4.69, 9.17) is 0 Å². The third kappa shape index (κ3) is 2.53. The van der Waals surface area contributed by atoms with Gasteiger partial charge in [-0.2, -0.15) is 0 Å².